The molecule has 1 amide bonds. The van der Waals surface area contributed by atoms with Crippen molar-refractivity contribution in [1.82, 2.24) is 10.2 Å². The Balaban J connectivity index is 2.16. The van der Waals surface area contributed by atoms with Crippen LogP contribution in [0.4, 0.5) is 11.4 Å². The molecule has 3 N–H and O–H groups in total. The van der Waals surface area contributed by atoms with Gasteiger partial charge in [-0.2, -0.15) is 0 Å². The number of amides is 1. The van der Waals surface area contributed by atoms with E-state index in [9.17, 15) is 14.9 Å². The number of nitro groups is 1. The second-order valence-electron chi connectivity index (χ2n) is 4.52. The maximum atomic E-state index is 11.5. The third kappa shape index (κ3) is 3.19. The van der Waals surface area contributed by atoms with Crippen LogP contribution in [0.15, 0.2) is 18.2 Å². The summed E-state index contributed by atoms with van der Waals surface area (Å²) in [4.78, 5) is 23.7. The Hall–Kier alpha value is -2.15. The zero-order chi connectivity index (χ0) is 13.8. The van der Waals surface area contributed by atoms with Crippen molar-refractivity contribution in [2.75, 3.05) is 25.4 Å². The Morgan fingerprint density at radius 2 is 2.26 bits per heavy atom. The van der Waals surface area contributed by atoms with Gasteiger partial charge in [0, 0.05) is 25.7 Å². The number of anilines is 1. The summed E-state index contributed by atoms with van der Waals surface area (Å²) in [5, 5.41) is 13.6. The van der Waals surface area contributed by atoms with E-state index in [-0.39, 0.29) is 17.3 Å². The highest BCUT2D eigenvalue weighted by Crippen LogP contribution is 2.25. The van der Waals surface area contributed by atoms with Crippen LogP contribution in [0.25, 0.3) is 0 Å². The molecule has 1 heterocycles. The van der Waals surface area contributed by atoms with E-state index in [1.54, 1.807) is 12.1 Å². The molecule has 1 saturated heterocycles. The minimum absolute atomic E-state index is 0.0264. The van der Waals surface area contributed by atoms with E-state index in [4.69, 9.17) is 5.73 Å². The molecule has 7 nitrogen and oxygen atoms in total. The van der Waals surface area contributed by atoms with Crippen molar-refractivity contribution in [1.29, 1.82) is 0 Å². The summed E-state index contributed by atoms with van der Waals surface area (Å²) in [5.74, 6) is -0.0264. The first-order chi connectivity index (χ1) is 9.08. The van der Waals surface area contributed by atoms with Crippen LogP contribution >= 0.6 is 0 Å². The Morgan fingerprint density at radius 3 is 3.00 bits per heavy atom. The number of carbonyl (C=O) groups excluding carboxylic acids is 1. The predicted octanol–water partition coefficient (Wildman–Crippen LogP) is 0.499. The normalized spacial score (nSPS) is 16.7. The fourth-order valence-corrected chi connectivity index (χ4v) is 2.14. The van der Waals surface area contributed by atoms with Gasteiger partial charge in [0.1, 0.15) is 5.69 Å². The molecule has 0 aliphatic carbocycles. The summed E-state index contributed by atoms with van der Waals surface area (Å²) in [7, 11) is 0. The molecule has 1 aromatic rings. The van der Waals surface area contributed by atoms with Crippen LogP contribution in [0.2, 0.25) is 0 Å². The molecule has 0 bridgehead atoms. The standard InChI is InChI=1S/C12H16N4O3/c13-12-9(3-1-4-10(12)16(18)19)7-15-6-2-5-14-11(17)8-15/h1,3-4H,2,5-8,13H2,(H,14,17). The monoisotopic (exact) mass is 264 g/mol. The second kappa shape index (κ2) is 5.66. The highest BCUT2D eigenvalue weighted by Gasteiger charge is 2.19. The smallest absolute Gasteiger partial charge is 0.292 e. The van der Waals surface area contributed by atoms with E-state index < -0.39 is 4.92 Å². The average molecular weight is 264 g/mol. The average Bonchev–Trinajstić information content (AvgIpc) is 2.56. The molecule has 0 radical (unpaired) electrons. The number of hydrogen-bond donors (Lipinski definition) is 2. The molecule has 1 aromatic carbocycles. The van der Waals surface area contributed by atoms with Gasteiger partial charge in [-0.3, -0.25) is 19.8 Å². The van der Waals surface area contributed by atoms with Crippen LogP contribution in [0.3, 0.4) is 0 Å². The van der Waals surface area contributed by atoms with Crippen LogP contribution < -0.4 is 11.1 Å². The maximum absolute atomic E-state index is 11.5. The van der Waals surface area contributed by atoms with Gasteiger partial charge in [-0.1, -0.05) is 12.1 Å². The first-order valence-corrected chi connectivity index (χ1v) is 6.08. The van der Waals surface area contributed by atoms with Gasteiger partial charge in [-0.25, -0.2) is 0 Å². The van der Waals surface area contributed by atoms with Crippen LogP contribution in [0.1, 0.15) is 12.0 Å². The number of carbonyl (C=O) groups is 1. The van der Waals surface area contributed by atoms with E-state index in [2.05, 4.69) is 5.32 Å². The van der Waals surface area contributed by atoms with Gasteiger partial charge in [0.05, 0.1) is 11.5 Å². The van der Waals surface area contributed by atoms with Crippen molar-refractivity contribution in [3.8, 4) is 0 Å². The molecule has 102 valence electrons. The van der Waals surface area contributed by atoms with Crippen LogP contribution in [0, 0.1) is 10.1 Å². The van der Waals surface area contributed by atoms with Gasteiger partial charge in [0.15, 0.2) is 0 Å². The van der Waals surface area contributed by atoms with E-state index in [1.807, 2.05) is 4.90 Å². The second-order valence-corrected chi connectivity index (χ2v) is 4.52. The van der Waals surface area contributed by atoms with Crippen LogP contribution in [-0.4, -0.2) is 35.4 Å². The fourth-order valence-electron chi connectivity index (χ4n) is 2.14. The first-order valence-electron chi connectivity index (χ1n) is 6.08. The zero-order valence-electron chi connectivity index (χ0n) is 10.5. The molecule has 0 saturated carbocycles. The lowest BCUT2D eigenvalue weighted by Gasteiger charge is -2.19. The Bertz CT molecular complexity index is 504. The molecule has 0 unspecified atom stereocenters. The number of nitrogens with two attached hydrogens (primary N) is 1. The van der Waals surface area contributed by atoms with Gasteiger partial charge in [0.2, 0.25) is 5.91 Å². The lowest BCUT2D eigenvalue weighted by Crippen LogP contribution is -2.32. The first kappa shape index (κ1) is 13.3. The maximum Gasteiger partial charge on any atom is 0.292 e. The summed E-state index contributed by atoms with van der Waals surface area (Å²) in [6.07, 6.45) is 0.862. The highest BCUT2D eigenvalue weighted by molar-refractivity contribution is 5.78. The molecule has 0 aromatic heterocycles. The summed E-state index contributed by atoms with van der Waals surface area (Å²) < 4.78 is 0. The number of para-hydroxylation sites is 1. The lowest BCUT2D eigenvalue weighted by atomic mass is 10.1. The topological polar surface area (TPSA) is 102 Å². The van der Waals surface area contributed by atoms with Gasteiger partial charge in [-0.15, -0.1) is 0 Å². The molecule has 0 spiro atoms. The van der Waals surface area contributed by atoms with E-state index in [0.29, 0.717) is 25.2 Å². The lowest BCUT2D eigenvalue weighted by molar-refractivity contribution is -0.384. The number of benzene rings is 1. The van der Waals surface area contributed by atoms with Gasteiger partial charge in [0.25, 0.3) is 5.69 Å². The van der Waals surface area contributed by atoms with Gasteiger partial charge in [-0.05, 0) is 12.0 Å². The van der Waals surface area contributed by atoms with E-state index >= 15 is 0 Å². The molecule has 19 heavy (non-hydrogen) atoms. The molecule has 0 atom stereocenters. The predicted molar refractivity (Wildman–Crippen MR) is 70.4 cm³/mol. The quantitative estimate of drug-likeness (QED) is 0.470. The Morgan fingerprint density at radius 1 is 1.47 bits per heavy atom. The van der Waals surface area contributed by atoms with Crippen molar-refractivity contribution in [2.24, 2.45) is 0 Å². The molecule has 2 rings (SSSR count). The number of nitrogen functional groups attached to an aromatic ring is 1. The number of nitro benzene ring substituents is 1. The summed E-state index contributed by atoms with van der Waals surface area (Å²) in [5.41, 5.74) is 6.58. The third-order valence-corrected chi connectivity index (χ3v) is 3.10. The van der Waals surface area contributed by atoms with Crippen molar-refractivity contribution < 1.29 is 9.72 Å². The van der Waals surface area contributed by atoms with Crippen molar-refractivity contribution >= 4 is 17.3 Å². The zero-order valence-corrected chi connectivity index (χ0v) is 10.5. The van der Waals surface area contributed by atoms with Crippen LogP contribution in [0.5, 0.6) is 0 Å². The fraction of sp³-hybridized carbons (Fsp3) is 0.417. The SMILES string of the molecule is Nc1c(CN2CCCNC(=O)C2)cccc1[N+](=O)[O-]. The van der Waals surface area contributed by atoms with E-state index in [0.717, 1.165) is 13.0 Å². The summed E-state index contributed by atoms with van der Waals surface area (Å²) >= 11 is 0. The molecule has 1 fully saturated rings. The van der Waals surface area contributed by atoms with Crippen molar-refractivity contribution in [2.45, 2.75) is 13.0 Å². The van der Waals surface area contributed by atoms with E-state index in [1.165, 1.54) is 6.07 Å². The molecular weight excluding hydrogens is 248 g/mol. The molecule has 7 heteroatoms. The number of nitrogens with zero attached hydrogens (tertiary/aromatic N) is 2. The van der Waals surface area contributed by atoms with Crippen molar-refractivity contribution in [3.05, 3.63) is 33.9 Å². The number of rotatable bonds is 3. The Labute approximate surface area is 110 Å². The Kier molecular flexibility index (Phi) is 3.96. The largest absolute Gasteiger partial charge is 0.393 e. The summed E-state index contributed by atoms with van der Waals surface area (Å²) in [6.45, 7) is 2.17. The minimum atomic E-state index is -0.492. The van der Waals surface area contributed by atoms with Gasteiger partial charge >= 0.3 is 0 Å². The van der Waals surface area contributed by atoms with Crippen LogP contribution in [-0.2, 0) is 11.3 Å². The number of hydrogen-bond acceptors (Lipinski definition) is 5. The minimum Gasteiger partial charge on any atom is -0.393 e. The highest BCUT2D eigenvalue weighted by atomic mass is 16.6. The molecular formula is C12H16N4O3. The summed E-state index contributed by atoms with van der Waals surface area (Å²) in [6, 6.07) is 4.75. The van der Waals surface area contributed by atoms with Gasteiger partial charge < -0.3 is 11.1 Å². The van der Waals surface area contributed by atoms with Crippen molar-refractivity contribution in [3.63, 3.8) is 0 Å². The molecule has 1 aliphatic rings. The molecule has 1 aliphatic heterocycles. The number of nitrogens with one attached hydrogen (secondary N) is 1. The third-order valence-electron chi connectivity index (χ3n) is 3.10.